The summed E-state index contributed by atoms with van der Waals surface area (Å²) >= 11 is 0. The summed E-state index contributed by atoms with van der Waals surface area (Å²) in [4.78, 5) is 0. The lowest BCUT2D eigenvalue weighted by molar-refractivity contribution is 0.185. The third-order valence-corrected chi connectivity index (χ3v) is 2.37. The molecule has 0 aliphatic rings. The number of hydrogen-bond acceptors (Lipinski definition) is 2. The van der Waals surface area contributed by atoms with E-state index in [1.54, 1.807) is 7.11 Å². The van der Waals surface area contributed by atoms with Crippen molar-refractivity contribution in [3.63, 3.8) is 0 Å². The molecule has 0 radical (unpaired) electrons. The third kappa shape index (κ3) is 3.13. The zero-order valence-corrected chi connectivity index (χ0v) is 9.21. The van der Waals surface area contributed by atoms with Crippen molar-refractivity contribution in [2.45, 2.75) is 19.4 Å². The van der Waals surface area contributed by atoms with Crippen molar-refractivity contribution < 1.29 is 4.74 Å². The average molecular weight is 193 g/mol. The lowest BCUT2D eigenvalue weighted by Crippen LogP contribution is -2.14. The van der Waals surface area contributed by atoms with Gasteiger partial charge in [-0.05, 0) is 24.1 Å². The van der Waals surface area contributed by atoms with Gasteiger partial charge in [-0.15, -0.1) is 0 Å². The number of likely N-dealkylation sites (N-methyl/N-ethyl adjacent to an activating group) is 1. The van der Waals surface area contributed by atoms with Gasteiger partial charge in [0.25, 0.3) is 0 Å². The second kappa shape index (κ2) is 5.78. The van der Waals surface area contributed by atoms with E-state index < -0.39 is 0 Å². The Kier molecular flexibility index (Phi) is 4.63. The SMILES string of the molecule is CNCC(C)c1ccc(COC)cc1. The Morgan fingerprint density at radius 1 is 1.29 bits per heavy atom. The van der Waals surface area contributed by atoms with Crippen LogP contribution < -0.4 is 5.32 Å². The van der Waals surface area contributed by atoms with Crippen molar-refractivity contribution >= 4 is 0 Å². The van der Waals surface area contributed by atoms with Gasteiger partial charge in [-0.25, -0.2) is 0 Å². The van der Waals surface area contributed by atoms with E-state index in [0.717, 1.165) is 6.54 Å². The van der Waals surface area contributed by atoms with Gasteiger partial charge in [-0.3, -0.25) is 0 Å². The summed E-state index contributed by atoms with van der Waals surface area (Å²) in [6.45, 7) is 3.94. The van der Waals surface area contributed by atoms with Gasteiger partial charge in [0.15, 0.2) is 0 Å². The number of benzene rings is 1. The number of ether oxygens (including phenoxy) is 1. The van der Waals surface area contributed by atoms with Crippen LogP contribution in [0.4, 0.5) is 0 Å². The zero-order valence-electron chi connectivity index (χ0n) is 9.21. The highest BCUT2D eigenvalue weighted by Gasteiger charge is 2.03. The number of hydrogen-bond donors (Lipinski definition) is 1. The second-order valence-electron chi connectivity index (χ2n) is 3.63. The smallest absolute Gasteiger partial charge is 0.0713 e. The maximum absolute atomic E-state index is 5.06. The summed E-state index contributed by atoms with van der Waals surface area (Å²) in [6, 6.07) is 8.61. The monoisotopic (exact) mass is 193 g/mol. The maximum Gasteiger partial charge on any atom is 0.0713 e. The zero-order chi connectivity index (χ0) is 10.4. The molecule has 14 heavy (non-hydrogen) atoms. The Hall–Kier alpha value is -0.860. The predicted octanol–water partition coefficient (Wildman–Crippen LogP) is 2.16. The van der Waals surface area contributed by atoms with Crippen LogP contribution in [0.2, 0.25) is 0 Å². The van der Waals surface area contributed by atoms with Crippen LogP contribution in [0.25, 0.3) is 0 Å². The Morgan fingerprint density at radius 2 is 1.93 bits per heavy atom. The molecule has 78 valence electrons. The van der Waals surface area contributed by atoms with Crippen LogP contribution in [-0.2, 0) is 11.3 Å². The van der Waals surface area contributed by atoms with Gasteiger partial charge in [0, 0.05) is 13.7 Å². The Labute approximate surface area is 86.3 Å². The first kappa shape index (κ1) is 11.2. The Bertz CT molecular complexity index is 256. The maximum atomic E-state index is 5.06. The van der Waals surface area contributed by atoms with Crippen LogP contribution in [-0.4, -0.2) is 20.7 Å². The molecule has 1 N–H and O–H groups in total. The fraction of sp³-hybridized carbons (Fsp3) is 0.500. The standard InChI is InChI=1S/C12H19NO/c1-10(8-13-2)12-6-4-11(5-7-12)9-14-3/h4-7,10,13H,8-9H2,1-3H3. The summed E-state index contributed by atoms with van der Waals surface area (Å²) in [5, 5.41) is 3.18. The van der Waals surface area contributed by atoms with E-state index in [1.807, 2.05) is 7.05 Å². The van der Waals surface area contributed by atoms with Gasteiger partial charge in [-0.2, -0.15) is 0 Å². The van der Waals surface area contributed by atoms with Crippen LogP contribution in [0.1, 0.15) is 24.0 Å². The van der Waals surface area contributed by atoms with Crippen LogP contribution in [0.15, 0.2) is 24.3 Å². The topological polar surface area (TPSA) is 21.3 Å². The van der Waals surface area contributed by atoms with Crippen LogP contribution in [0.5, 0.6) is 0 Å². The molecule has 0 spiro atoms. The minimum absolute atomic E-state index is 0.566. The van der Waals surface area contributed by atoms with E-state index in [0.29, 0.717) is 12.5 Å². The molecule has 1 aromatic rings. The highest BCUT2D eigenvalue weighted by atomic mass is 16.5. The molecule has 0 aromatic heterocycles. The number of rotatable bonds is 5. The summed E-state index contributed by atoms with van der Waals surface area (Å²) < 4.78 is 5.06. The minimum Gasteiger partial charge on any atom is -0.380 e. The molecule has 0 bridgehead atoms. The fourth-order valence-electron chi connectivity index (χ4n) is 1.53. The van der Waals surface area contributed by atoms with Crippen LogP contribution in [0.3, 0.4) is 0 Å². The van der Waals surface area contributed by atoms with E-state index in [2.05, 4.69) is 36.5 Å². The summed E-state index contributed by atoms with van der Waals surface area (Å²) in [5.41, 5.74) is 2.60. The summed E-state index contributed by atoms with van der Waals surface area (Å²) in [5.74, 6) is 0.566. The van der Waals surface area contributed by atoms with E-state index in [1.165, 1.54) is 11.1 Å². The lowest BCUT2D eigenvalue weighted by Gasteiger charge is -2.11. The molecule has 0 heterocycles. The summed E-state index contributed by atoms with van der Waals surface area (Å²) in [7, 11) is 3.70. The summed E-state index contributed by atoms with van der Waals surface area (Å²) in [6.07, 6.45) is 0. The molecule has 0 aliphatic heterocycles. The number of methoxy groups -OCH3 is 1. The molecule has 1 rings (SSSR count). The van der Waals surface area contributed by atoms with Crippen molar-refractivity contribution in [3.05, 3.63) is 35.4 Å². The van der Waals surface area contributed by atoms with E-state index in [9.17, 15) is 0 Å². The first-order valence-corrected chi connectivity index (χ1v) is 5.00. The molecule has 0 saturated carbocycles. The molecule has 1 aromatic carbocycles. The Balaban J connectivity index is 2.62. The van der Waals surface area contributed by atoms with Crippen LogP contribution >= 0.6 is 0 Å². The molecule has 1 atom stereocenters. The van der Waals surface area contributed by atoms with Crippen molar-refractivity contribution in [2.24, 2.45) is 0 Å². The van der Waals surface area contributed by atoms with Gasteiger partial charge in [-0.1, -0.05) is 31.2 Å². The van der Waals surface area contributed by atoms with Crippen molar-refractivity contribution in [2.75, 3.05) is 20.7 Å². The fourth-order valence-corrected chi connectivity index (χ4v) is 1.53. The molecule has 1 unspecified atom stereocenters. The largest absolute Gasteiger partial charge is 0.380 e. The van der Waals surface area contributed by atoms with Crippen molar-refractivity contribution in [1.82, 2.24) is 5.32 Å². The van der Waals surface area contributed by atoms with E-state index >= 15 is 0 Å². The van der Waals surface area contributed by atoms with Gasteiger partial charge >= 0.3 is 0 Å². The van der Waals surface area contributed by atoms with Gasteiger partial charge in [0.05, 0.1) is 6.61 Å². The molecule has 2 heteroatoms. The first-order chi connectivity index (χ1) is 6.77. The molecule has 0 fully saturated rings. The highest BCUT2D eigenvalue weighted by Crippen LogP contribution is 2.15. The van der Waals surface area contributed by atoms with Crippen molar-refractivity contribution in [3.8, 4) is 0 Å². The van der Waals surface area contributed by atoms with Gasteiger partial charge < -0.3 is 10.1 Å². The molecule has 0 aliphatic carbocycles. The lowest BCUT2D eigenvalue weighted by atomic mass is 10.00. The molecule has 0 amide bonds. The normalized spacial score (nSPS) is 12.8. The average Bonchev–Trinajstić information content (AvgIpc) is 2.20. The van der Waals surface area contributed by atoms with E-state index in [4.69, 9.17) is 4.74 Å². The number of nitrogens with one attached hydrogen (secondary N) is 1. The second-order valence-corrected chi connectivity index (χ2v) is 3.63. The Morgan fingerprint density at radius 3 is 2.43 bits per heavy atom. The van der Waals surface area contributed by atoms with Crippen LogP contribution in [0, 0.1) is 0 Å². The molecule has 2 nitrogen and oxygen atoms in total. The third-order valence-electron chi connectivity index (χ3n) is 2.37. The molecular weight excluding hydrogens is 174 g/mol. The quantitative estimate of drug-likeness (QED) is 0.773. The van der Waals surface area contributed by atoms with Crippen molar-refractivity contribution in [1.29, 1.82) is 0 Å². The minimum atomic E-state index is 0.566. The molecular formula is C12H19NO. The van der Waals surface area contributed by atoms with E-state index in [-0.39, 0.29) is 0 Å². The molecule has 0 saturated heterocycles. The highest BCUT2D eigenvalue weighted by molar-refractivity contribution is 5.24. The predicted molar refractivity (Wildman–Crippen MR) is 59.5 cm³/mol. The van der Waals surface area contributed by atoms with Gasteiger partial charge in [0.2, 0.25) is 0 Å². The first-order valence-electron chi connectivity index (χ1n) is 5.00. The van der Waals surface area contributed by atoms with Gasteiger partial charge in [0.1, 0.15) is 0 Å².